The molecule has 2 N–H and O–H groups in total. The van der Waals surface area contributed by atoms with E-state index in [1.165, 1.54) is 20.8 Å². The molecule has 0 aliphatic rings. The van der Waals surface area contributed by atoms with Crippen LogP contribution < -0.4 is 10.6 Å². The molecule has 0 aromatic heterocycles. The van der Waals surface area contributed by atoms with Crippen molar-refractivity contribution in [3.8, 4) is 0 Å². The number of hydrogen-bond acceptors (Lipinski definition) is 6. The van der Waals surface area contributed by atoms with Crippen molar-refractivity contribution in [3.05, 3.63) is 0 Å². The van der Waals surface area contributed by atoms with Crippen LogP contribution in [0.2, 0.25) is 0 Å². The Bertz CT molecular complexity index is 427. The number of esters is 1. The molecule has 22 heavy (non-hydrogen) atoms. The van der Waals surface area contributed by atoms with Gasteiger partial charge in [0.05, 0.1) is 11.9 Å². The Morgan fingerprint density at radius 3 is 2.00 bits per heavy atom. The lowest BCUT2D eigenvalue weighted by atomic mass is 10.2. The van der Waals surface area contributed by atoms with Gasteiger partial charge in [-0.2, -0.15) is 0 Å². The van der Waals surface area contributed by atoms with Crippen LogP contribution in [-0.4, -0.2) is 46.8 Å². The molecule has 2 amide bonds. The van der Waals surface area contributed by atoms with Gasteiger partial charge in [0.25, 0.3) is 0 Å². The standard InChI is InChI=1S/C14H24N2O5S/c1-6-11(22-10(5)17)13(19)15-8(3)12(18)16-9(4)14(20)21-7-2/h8-9,11H,6-7H2,1-5H3,(H,15,19)(H,16,18). The van der Waals surface area contributed by atoms with Crippen molar-refractivity contribution in [2.24, 2.45) is 0 Å². The molecule has 0 aliphatic heterocycles. The summed E-state index contributed by atoms with van der Waals surface area (Å²) in [5, 5.41) is 4.31. The third-order valence-electron chi connectivity index (χ3n) is 2.72. The third kappa shape index (κ3) is 7.44. The van der Waals surface area contributed by atoms with Gasteiger partial charge in [-0.15, -0.1) is 0 Å². The molecule has 0 aliphatic carbocycles. The minimum Gasteiger partial charge on any atom is -0.464 e. The highest BCUT2D eigenvalue weighted by molar-refractivity contribution is 8.14. The van der Waals surface area contributed by atoms with E-state index in [1.54, 1.807) is 13.8 Å². The van der Waals surface area contributed by atoms with Gasteiger partial charge < -0.3 is 15.4 Å². The van der Waals surface area contributed by atoms with E-state index >= 15 is 0 Å². The van der Waals surface area contributed by atoms with E-state index in [-0.39, 0.29) is 17.6 Å². The normalized spacial score (nSPS) is 14.4. The minimum atomic E-state index is -0.814. The summed E-state index contributed by atoms with van der Waals surface area (Å²) in [7, 11) is 0. The van der Waals surface area contributed by atoms with Crippen molar-refractivity contribution >= 4 is 34.7 Å². The molecule has 0 aromatic rings. The summed E-state index contributed by atoms with van der Waals surface area (Å²) < 4.78 is 4.78. The monoisotopic (exact) mass is 332 g/mol. The van der Waals surface area contributed by atoms with Crippen LogP contribution >= 0.6 is 11.8 Å². The lowest BCUT2D eigenvalue weighted by Gasteiger charge is -2.19. The molecule has 3 atom stereocenters. The van der Waals surface area contributed by atoms with Crippen molar-refractivity contribution < 1.29 is 23.9 Å². The van der Waals surface area contributed by atoms with Gasteiger partial charge in [0.2, 0.25) is 11.8 Å². The molecule has 3 unspecified atom stereocenters. The van der Waals surface area contributed by atoms with Gasteiger partial charge in [0, 0.05) is 6.92 Å². The molecular formula is C14H24N2O5S. The van der Waals surface area contributed by atoms with E-state index in [1.807, 2.05) is 0 Å². The lowest BCUT2D eigenvalue weighted by molar-refractivity contribution is -0.147. The average molecular weight is 332 g/mol. The van der Waals surface area contributed by atoms with E-state index in [4.69, 9.17) is 4.74 Å². The number of nitrogens with one attached hydrogen (secondary N) is 2. The van der Waals surface area contributed by atoms with Crippen molar-refractivity contribution in [3.63, 3.8) is 0 Å². The van der Waals surface area contributed by atoms with Crippen LogP contribution in [0.3, 0.4) is 0 Å². The zero-order valence-corrected chi connectivity index (χ0v) is 14.4. The fourth-order valence-corrected chi connectivity index (χ4v) is 2.30. The molecule has 0 radical (unpaired) electrons. The summed E-state index contributed by atoms with van der Waals surface area (Å²) in [5.41, 5.74) is 0. The Hall–Kier alpha value is -1.57. The molecule has 0 spiro atoms. The van der Waals surface area contributed by atoms with Gasteiger partial charge in [-0.05, 0) is 27.2 Å². The van der Waals surface area contributed by atoms with Crippen molar-refractivity contribution in [1.82, 2.24) is 10.6 Å². The molecular weight excluding hydrogens is 308 g/mol. The van der Waals surface area contributed by atoms with E-state index in [2.05, 4.69) is 10.6 Å². The second-order valence-corrected chi connectivity index (χ2v) is 6.10. The Balaban J connectivity index is 4.48. The Labute approximate surface area is 134 Å². The largest absolute Gasteiger partial charge is 0.464 e. The van der Waals surface area contributed by atoms with E-state index in [9.17, 15) is 19.2 Å². The predicted molar refractivity (Wildman–Crippen MR) is 84.2 cm³/mol. The minimum absolute atomic E-state index is 0.157. The fraction of sp³-hybridized carbons (Fsp3) is 0.714. The molecule has 0 aromatic carbocycles. The molecule has 0 saturated heterocycles. The maximum atomic E-state index is 12.0. The van der Waals surface area contributed by atoms with Crippen LogP contribution in [0.25, 0.3) is 0 Å². The highest BCUT2D eigenvalue weighted by Crippen LogP contribution is 2.15. The summed E-state index contributed by atoms with van der Waals surface area (Å²) in [6.45, 7) is 8.09. The van der Waals surface area contributed by atoms with Crippen LogP contribution in [0.1, 0.15) is 41.0 Å². The molecule has 7 nitrogen and oxygen atoms in total. The van der Waals surface area contributed by atoms with Crippen LogP contribution in [-0.2, 0) is 23.9 Å². The lowest BCUT2D eigenvalue weighted by Crippen LogP contribution is -2.51. The van der Waals surface area contributed by atoms with Crippen molar-refractivity contribution in [2.75, 3.05) is 6.61 Å². The van der Waals surface area contributed by atoms with Crippen LogP contribution in [0, 0.1) is 0 Å². The topological polar surface area (TPSA) is 102 Å². The zero-order chi connectivity index (χ0) is 17.3. The van der Waals surface area contributed by atoms with Crippen LogP contribution in [0.4, 0.5) is 0 Å². The molecule has 0 fully saturated rings. The van der Waals surface area contributed by atoms with E-state index in [0.29, 0.717) is 6.42 Å². The fourth-order valence-electron chi connectivity index (χ4n) is 1.56. The van der Waals surface area contributed by atoms with Gasteiger partial charge in [-0.25, -0.2) is 4.79 Å². The maximum absolute atomic E-state index is 12.0. The number of ether oxygens (including phenoxy) is 1. The summed E-state index contributed by atoms with van der Waals surface area (Å²) in [5.74, 6) is -1.40. The molecule has 0 heterocycles. The van der Waals surface area contributed by atoms with Crippen molar-refractivity contribution in [2.45, 2.75) is 58.4 Å². The molecule has 0 bridgehead atoms. The maximum Gasteiger partial charge on any atom is 0.328 e. The SMILES string of the molecule is CCOC(=O)C(C)NC(=O)C(C)NC(=O)C(CC)SC(C)=O. The van der Waals surface area contributed by atoms with Crippen LogP contribution in [0.5, 0.6) is 0 Å². The van der Waals surface area contributed by atoms with Gasteiger partial charge in [0.1, 0.15) is 12.1 Å². The summed E-state index contributed by atoms with van der Waals surface area (Å²) in [6.07, 6.45) is 0.476. The van der Waals surface area contributed by atoms with Crippen LogP contribution in [0.15, 0.2) is 0 Å². The number of thioether (sulfide) groups is 1. The Morgan fingerprint density at radius 1 is 1.00 bits per heavy atom. The van der Waals surface area contributed by atoms with Gasteiger partial charge in [-0.1, -0.05) is 18.7 Å². The second kappa shape index (κ2) is 10.2. The zero-order valence-electron chi connectivity index (χ0n) is 13.6. The van der Waals surface area contributed by atoms with Crippen molar-refractivity contribution in [1.29, 1.82) is 0 Å². The first-order valence-corrected chi connectivity index (χ1v) is 8.05. The van der Waals surface area contributed by atoms with E-state index in [0.717, 1.165) is 11.8 Å². The smallest absolute Gasteiger partial charge is 0.328 e. The summed E-state index contributed by atoms with van der Waals surface area (Å²) in [4.78, 5) is 46.4. The highest BCUT2D eigenvalue weighted by atomic mass is 32.2. The average Bonchev–Trinajstić information content (AvgIpc) is 2.44. The second-order valence-electron chi connectivity index (χ2n) is 4.72. The molecule has 8 heteroatoms. The van der Waals surface area contributed by atoms with Gasteiger partial charge in [0.15, 0.2) is 5.12 Å². The highest BCUT2D eigenvalue weighted by Gasteiger charge is 2.25. The number of carbonyl (C=O) groups excluding carboxylic acids is 4. The first kappa shape index (κ1) is 20.4. The Morgan fingerprint density at radius 2 is 1.55 bits per heavy atom. The molecule has 0 saturated carbocycles. The Kier molecular flexibility index (Phi) is 9.48. The number of rotatable bonds is 8. The number of hydrogen-bond donors (Lipinski definition) is 2. The predicted octanol–water partition coefficient (Wildman–Crippen LogP) is 0.617. The first-order chi connectivity index (χ1) is 10.2. The molecule has 0 rings (SSSR count). The van der Waals surface area contributed by atoms with Gasteiger partial charge in [-0.3, -0.25) is 14.4 Å². The summed E-state index contributed by atoms with van der Waals surface area (Å²) in [6, 6.07) is -1.61. The summed E-state index contributed by atoms with van der Waals surface area (Å²) >= 11 is 0.930. The van der Waals surface area contributed by atoms with Gasteiger partial charge >= 0.3 is 5.97 Å². The number of carbonyl (C=O) groups is 4. The van der Waals surface area contributed by atoms with E-state index < -0.39 is 29.2 Å². The third-order valence-corrected chi connectivity index (χ3v) is 3.89. The molecule has 126 valence electrons. The number of amides is 2. The first-order valence-electron chi connectivity index (χ1n) is 7.17. The quantitative estimate of drug-likeness (QED) is 0.632.